The molecule has 0 saturated heterocycles. The quantitative estimate of drug-likeness (QED) is 0.736. The van der Waals surface area contributed by atoms with Crippen molar-refractivity contribution in [2.24, 2.45) is 0 Å². The summed E-state index contributed by atoms with van der Waals surface area (Å²) >= 11 is 0. The Morgan fingerprint density at radius 3 is 2.89 bits per heavy atom. The first-order valence-corrected chi connectivity index (χ1v) is 7.22. The Hall–Kier alpha value is -1.48. The smallest absolute Gasteiger partial charge is 0.128 e. The SMILES string of the molecule is CCCOc1cccc2c1ccn2CCCCNC. The van der Waals surface area contributed by atoms with Gasteiger partial charge in [-0.25, -0.2) is 0 Å². The van der Waals surface area contributed by atoms with Crippen LogP contribution in [0.3, 0.4) is 0 Å². The van der Waals surface area contributed by atoms with E-state index in [2.05, 4.69) is 47.3 Å². The van der Waals surface area contributed by atoms with Gasteiger partial charge in [-0.05, 0) is 51.1 Å². The van der Waals surface area contributed by atoms with Crippen molar-refractivity contribution in [3.63, 3.8) is 0 Å². The third kappa shape index (κ3) is 3.51. The third-order valence-corrected chi connectivity index (χ3v) is 3.31. The molecule has 1 heterocycles. The molecular formula is C16H24N2O. The lowest BCUT2D eigenvalue weighted by Crippen LogP contribution is -2.08. The lowest BCUT2D eigenvalue weighted by molar-refractivity contribution is 0.321. The number of ether oxygens (including phenoxy) is 1. The number of hydrogen-bond donors (Lipinski definition) is 1. The highest BCUT2D eigenvalue weighted by atomic mass is 16.5. The fourth-order valence-corrected chi connectivity index (χ4v) is 2.31. The van der Waals surface area contributed by atoms with Gasteiger partial charge in [0.25, 0.3) is 0 Å². The summed E-state index contributed by atoms with van der Waals surface area (Å²) in [7, 11) is 2.00. The van der Waals surface area contributed by atoms with E-state index < -0.39 is 0 Å². The van der Waals surface area contributed by atoms with E-state index in [9.17, 15) is 0 Å². The van der Waals surface area contributed by atoms with Gasteiger partial charge >= 0.3 is 0 Å². The summed E-state index contributed by atoms with van der Waals surface area (Å²) in [6.07, 6.45) is 5.62. The molecule has 2 aromatic rings. The lowest BCUT2D eigenvalue weighted by atomic mass is 10.2. The summed E-state index contributed by atoms with van der Waals surface area (Å²) in [6.45, 7) is 5.08. The largest absolute Gasteiger partial charge is 0.493 e. The first-order chi connectivity index (χ1) is 9.36. The van der Waals surface area contributed by atoms with Crippen LogP contribution in [0, 0.1) is 0 Å². The molecule has 0 atom stereocenters. The standard InChI is InChI=1S/C16H24N2O/c1-3-13-19-16-8-6-7-15-14(16)9-12-18(15)11-5-4-10-17-2/h6-9,12,17H,3-5,10-11,13H2,1-2H3. The minimum absolute atomic E-state index is 0.784. The normalized spacial score (nSPS) is 11.1. The van der Waals surface area contributed by atoms with Gasteiger partial charge in [0.1, 0.15) is 5.75 Å². The summed E-state index contributed by atoms with van der Waals surface area (Å²) in [6, 6.07) is 8.48. The topological polar surface area (TPSA) is 26.2 Å². The van der Waals surface area contributed by atoms with Gasteiger partial charge in [-0.1, -0.05) is 13.0 Å². The first kappa shape index (κ1) is 13.9. The lowest BCUT2D eigenvalue weighted by Gasteiger charge is -2.08. The number of rotatable bonds is 8. The van der Waals surface area contributed by atoms with Gasteiger partial charge in [0.2, 0.25) is 0 Å². The van der Waals surface area contributed by atoms with Gasteiger partial charge in [0, 0.05) is 18.1 Å². The van der Waals surface area contributed by atoms with E-state index >= 15 is 0 Å². The Balaban J connectivity index is 2.09. The molecule has 104 valence electrons. The minimum Gasteiger partial charge on any atom is -0.493 e. The number of nitrogens with zero attached hydrogens (tertiary/aromatic N) is 1. The molecule has 0 fully saturated rings. The zero-order valence-corrected chi connectivity index (χ0v) is 12.0. The molecule has 19 heavy (non-hydrogen) atoms. The maximum atomic E-state index is 5.80. The molecule has 2 rings (SSSR count). The number of hydrogen-bond acceptors (Lipinski definition) is 2. The molecule has 0 aliphatic rings. The van der Waals surface area contributed by atoms with Crippen LogP contribution in [0.2, 0.25) is 0 Å². The molecular weight excluding hydrogens is 236 g/mol. The van der Waals surface area contributed by atoms with Crippen molar-refractivity contribution in [3.8, 4) is 5.75 Å². The Morgan fingerprint density at radius 2 is 2.11 bits per heavy atom. The zero-order chi connectivity index (χ0) is 13.5. The molecule has 0 aliphatic heterocycles. The zero-order valence-electron chi connectivity index (χ0n) is 12.0. The molecule has 1 aromatic heterocycles. The van der Waals surface area contributed by atoms with Gasteiger partial charge in [-0.2, -0.15) is 0 Å². The fraction of sp³-hybridized carbons (Fsp3) is 0.500. The maximum Gasteiger partial charge on any atom is 0.128 e. The van der Waals surface area contributed by atoms with Crippen LogP contribution in [0.25, 0.3) is 10.9 Å². The molecule has 1 aromatic carbocycles. The van der Waals surface area contributed by atoms with Crippen molar-refractivity contribution < 1.29 is 4.74 Å². The van der Waals surface area contributed by atoms with Gasteiger partial charge in [0.05, 0.1) is 12.1 Å². The van der Waals surface area contributed by atoms with Crippen LogP contribution in [0.15, 0.2) is 30.5 Å². The molecule has 0 spiro atoms. The summed E-state index contributed by atoms with van der Waals surface area (Å²) in [5, 5.41) is 4.41. The molecule has 3 heteroatoms. The Bertz CT molecular complexity index is 504. The number of benzene rings is 1. The summed E-state index contributed by atoms with van der Waals surface area (Å²) in [5.74, 6) is 1.01. The molecule has 0 radical (unpaired) electrons. The second-order valence-corrected chi connectivity index (χ2v) is 4.86. The highest BCUT2D eigenvalue weighted by Gasteiger charge is 2.05. The van der Waals surface area contributed by atoms with E-state index in [1.165, 1.54) is 23.7 Å². The second-order valence-electron chi connectivity index (χ2n) is 4.86. The number of aryl methyl sites for hydroxylation is 1. The highest BCUT2D eigenvalue weighted by Crippen LogP contribution is 2.27. The minimum atomic E-state index is 0.784. The van der Waals surface area contributed by atoms with Crippen LogP contribution in [-0.4, -0.2) is 24.8 Å². The van der Waals surface area contributed by atoms with Crippen molar-refractivity contribution in [1.29, 1.82) is 0 Å². The van der Waals surface area contributed by atoms with E-state index in [1.807, 2.05) is 7.05 Å². The van der Waals surface area contributed by atoms with Gasteiger partial charge in [-0.15, -0.1) is 0 Å². The van der Waals surface area contributed by atoms with Crippen LogP contribution >= 0.6 is 0 Å². The molecule has 0 saturated carbocycles. The van der Waals surface area contributed by atoms with Crippen molar-refractivity contribution >= 4 is 10.9 Å². The fourth-order valence-electron chi connectivity index (χ4n) is 2.31. The van der Waals surface area contributed by atoms with E-state index in [-0.39, 0.29) is 0 Å². The van der Waals surface area contributed by atoms with E-state index in [0.717, 1.165) is 31.9 Å². The summed E-state index contributed by atoms with van der Waals surface area (Å²) in [5.41, 5.74) is 1.28. The van der Waals surface area contributed by atoms with Crippen molar-refractivity contribution in [2.75, 3.05) is 20.2 Å². The van der Waals surface area contributed by atoms with Gasteiger partial charge in [-0.3, -0.25) is 0 Å². The Morgan fingerprint density at radius 1 is 1.21 bits per heavy atom. The number of nitrogens with one attached hydrogen (secondary N) is 1. The van der Waals surface area contributed by atoms with E-state index in [1.54, 1.807) is 0 Å². The van der Waals surface area contributed by atoms with Crippen molar-refractivity contribution in [3.05, 3.63) is 30.5 Å². The summed E-state index contributed by atoms with van der Waals surface area (Å²) < 4.78 is 8.12. The number of aromatic nitrogens is 1. The van der Waals surface area contributed by atoms with Crippen molar-refractivity contribution in [1.82, 2.24) is 9.88 Å². The van der Waals surface area contributed by atoms with Gasteiger partial charge < -0.3 is 14.6 Å². The predicted molar refractivity (Wildman–Crippen MR) is 80.9 cm³/mol. The van der Waals surface area contributed by atoms with Crippen LogP contribution in [0.5, 0.6) is 5.75 Å². The predicted octanol–water partition coefficient (Wildman–Crippen LogP) is 3.43. The highest BCUT2D eigenvalue weighted by molar-refractivity contribution is 5.86. The average molecular weight is 260 g/mol. The monoisotopic (exact) mass is 260 g/mol. The Kier molecular flexibility index (Phi) is 5.28. The van der Waals surface area contributed by atoms with Crippen LogP contribution in [-0.2, 0) is 6.54 Å². The Labute approximate surface area is 115 Å². The second kappa shape index (κ2) is 7.19. The molecule has 0 bridgehead atoms. The van der Waals surface area contributed by atoms with Crippen LogP contribution in [0.1, 0.15) is 26.2 Å². The van der Waals surface area contributed by atoms with Crippen LogP contribution in [0.4, 0.5) is 0 Å². The molecule has 0 amide bonds. The van der Waals surface area contributed by atoms with Gasteiger partial charge in [0.15, 0.2) is 0 Å². The average Bonchev–Trinajstić information content (AvgIpc) is 2.85. The summed E-state index contributed by atoms with van der Waals surface area (Å²) in [4.78, 5) is 0. The number of unbranched alkanes of at least 4 members (excludes halogenated alkanes) is 1. The maximum absolute atomic E-state index is 5.80. The first-order valence-electron chi connectivity index (χ1n) is 7.22. The van der Waals surface area contributed by atoms with E-state index in [4.69, 9.17) is 4.74 Å². The van der Waals surface area contributed by atoms with E-state index in [0.29, 0.717) is 0 Å². The number of fused-ring (bicyclic) bond motifs is 1. The van der Waals surface area contributed by atoms with Crippen molar-refractivity contribution in [2.45, 2.75) is 32.7 Å². The third-order valence-electron chi connectivity index (χ3n) is 3.31. The molecule has 0 unspecified atom stereocenters. The molecule has 3 nitrogen and oxygen atoms in total. The van der Waals surface area contributed by atoms with Crippen LogP contribution < -0.4 is 10.1 Å². The molecule has 1 N–H and O–H groups in total. The molecule has 0 aliphatic carbocycles.